The van der Waals surface area contributed by atoms with Crippen LogP contribution in [0.2, 0.25) is 0 Å². The lowest BCUT2D eigenvalue weighted by atomic mass is 10.0. The first-order valence-corrected chi connectivity index (χ1v) is 8.92. The third-order valence-electron chi connectivity index (χ3n) is 4.36. The van der Waals surface area contributed by atoms with Crippen LogP contribution in [-0.4, -0.2) is 24.1 Å². The summed E-state index contributed by atoms with van der Waals surface area (Å²) in [7, 11) is 3.39. The monoisotopic (exact) mass is 407 g/mol. The van der Waals surface area contributed by atoms with Gasteiger partial charge in [-0.25, -0.2) is 0 Å². The van der Waals surface area contributed by atoms with E-state index in [1.165, 1.54) is 18.2 Å². The molecular formula is C21H20F3NO4. The maximum Gasteiger partial charge on any atom is 0.453 e. The Labute approximate surface area is 164 Å². The second kappa shape index (κ2) is 7.79. The van der Waals surface area contributed by atoms with E-state index in [1.54, 1.807) is 44.1 Å². The molecule has 0 fully saturated rings. The Balaban J connectivity index is 2.38. The van der Waals surface area contributed by atoms with Crippen LogP contribution in [0.4, 0.5) is 13.2 Å². The highest BCUT2D eigenvalue weighted by Gasteiger charge is 2.41. The lowest BCUT2D eigenvalue weighted by Gasteiger charge is -2.18. The van der Waals surface area contributed by atoms with Crippen LogP contribution >= 0.6 is 0 Å². The maximum atomic E-state index is 13.7. The number of para-hydroxylation sites is 1. The third-order valence-corrected chi connectivity index (χ3v) is 4.36. The number of rotatable bonds is 5. The number of phenols is 1. The van der Waals surface area contributed by atoms with Crippen molar-refractivity contribution in [3.8, 4) is 17.2 Å². The standard InChI is InChI=1S/C21H20F3NO4/c1-4-12-10-14-17(27)19(28-13-8-6-5-7-9-13)20(21(22,23)24)29-18(14)15(16(12)26)11-25(2)3/h5-10,26H,4,11H2,1-3H3. The van der Waals surface area contributed by atoms with Crippen LogP contribution in [0, 0.1) is 0 Å². The van der Waals surface area contributed by atoms with Crippen molar-refractivity contribution in [3.05, 3.63) is 63.5 Å². The number of nitrogens with zero attached hydrogens (tertiary/aromatic N) is 1. The van der Waals surface area contributed by atoms with Gasteiger partial charge < -0.3 is 19.2 Å². The zero-order chi connectivity index (χ0) is 21.3. The molecule has 1 aromatic heterocycles. The van der Waals surface area contributed by atoms with Crippen molar-refractivity contribution in [2.24, 2.45) is 0 Å². The highest BCUT2D eigenvalue weighted by atomic mass is 19.4. The van der Waals surface area contributed by atoms with Gasteiger partial charge in [-0.15, -0.1) is 0 Å². The smallest absolute Gasteiger partial charge is 0.453 e. The lowest BCUT2D eigenvalue weighted by Crippen LogP contribution is -2.18. The van der Waals surface area contributed by atoms with Gasteiger partial charge in [-0.1, -0.05) is 25.1 Å². The summed E-state index contributed by atoms with van der Waals surface area (Å²) < 4.78 is 51.6. The minimum absolute atomic E-state index is 0.0737. The van der Waals surface area contributed by atoms with E-state index in [0.29, 0.717) is 12.0 Å². The summed E-state index contributed by atoms with van der Waals surface area (Å²) in [6.45, 7) is 1.86. The first-order valence-electron chi connectivity index (χ1n) is 8.92. The van der Waals surface area contributed by atoms with Gasteiger partial charge in [0, 0.05) is 6.54 Å². The van der Waals surface area contributed by atoms with Crippen LogP contribution in [0.3, 0.4) is 0 Å². The first-order chi connectivity index (χ1) is 13.6. The van der Waals surface area contributed by atoms with Gasteiger partial charge in [0.1, 0.15) is 17.1 Å². The first kappa shape index (κ1) is 20.7. The molecule has 0 radical (unpaired) electrons. The molecule has 0 bridgehead atoms. The van der Waals surface area contributed by atoms with E-state index in [1.807, 2.05) is 0 Å². The largest absolute Gasteiger partial charge is 0.507 e. The number of fused-ring (bicyclic) bond motifs is 1. The number of hydrogen-bond acceptors (Lipinski definition) is 5. The zero-order valence-electron chi connectivity index (χ0n) is 16.1. The normalized spacial score (nSPS) is 12.0. The Morgan fingerprint density at radius 2 is 1.83 bits per heavy atom. The van der Waals surface area contributed by atoms with E-state index < -0.39 is 23.1 Å². The molecule has 3 aromatic rings. The van der Waals surface area contributed by atoms with Crippen LogP contribution in [-0.2, 0) is 19.1 Å². The summed E-state index contributed by atoms with van der Waals surface area (Å²) in [5, 5.41) is 10.4. The van der Waals surface area contributed by atoms with E-state index in [4.69, 9.17) is 9.15 Å². The minimum atomic E-state index is -4.97. The average Bonchev–Trinajstić information content (AvgIpc) is 2.65. The van der Waals surface area contributed by atoms with Crippen LogP contribution in [0.25, 0.3) is 11.0 Å². The summed E-state index contributed by atoms with van der Waals surface area (Å²) in [5.74, 6) is -2.57. The highest BCUT2D eigenvalue weighted by Crippen LogP contribution is 2.40. The Morgan fingerprint density at radius 1 is 1.17 bits per heavy atom. The topological polar surface area (TPSA) is 62.9 Å². The predicted octanol–water partition coefficient (Wildman–Crippen LogP) is 4.93. The Bertz CT molecular complexity index is 1090. The lowest BCUT2D eigenvalue weighted by molar-refractivity contribution is -0.154. The Hall–Kier alpha value is -3.00. The molecule has 0 saturated carbocycles. The number of ether oxygens (including phenoxy) is 1. The van der Waals surface area contributed by atoms with Crippen LogP contribution in [0.15, 0.2) is 45.6 Å². The van der Waals surface area contributed by atoms with E-state index in [9.17, 15) is 23.1 Å². The summed E-state index contributed by atoms with van der Waals surface area (Å²) in [4.78, 5) is 14.7. The molecule has 0 unspecified atom stereocenters. The number of phenolic OH excluding ortho intramolecular Hbond substituents is 1. The Kier molecular flexibility index (Phi) is 5.57. The van der Waals surface area contributed by atoms with E-state index in [0.717, 1.165) is 0 Å². The van der Waals surface area contributed by atoms with E-state index in [2.05, 4.69) is 0 Å². The van der Waals surface area contributed by atoms with Crippen LogP contribution < -0.4 is 10.2 Å². The molecule has 1 N–H and O–H groups in total. The molecule has 0 spiro atoms. The molecule has 0 aliphatic rings. The van der Waals surface area contributed by atoms with Gasteiger partial charge >= 0.3 is 6.18 Å². The summed E-state index contributed by atoms with van der Waals surface area (Å²) in [5.41, 5.74) is -0.687. The van der Waals surface area contributed by atoms with Crippen molar-refractivity contribution in [3.63, 3.8) is 0 Å². The van der Waals surface area contributed by atoms with E-state index >= 15 is 0 Å². The zero-order valence-corrected chi connectivity index (χ0v) is 16.1. The molecule has 3 rings (SSSR count). The highest BCUT2D eigenvalue weighted by molar-refractivity contribution is 5.85. The number of alkyl halides is 3. The molecule has 0 amide bonds. The van der Waals surface area contributed by atoms with Gasteiger partial charge in [0.2, 0.25) is 11.2 Å². The van der Waals surface area contributed by atoms with Crippen molar-refractivity contribution in [1.82, 2.24) is 4.90 Å². The number of halogens is 3. The van der Waals surface area contributed by atoms with Crippen molar-refractivity contribution >= 4 is 11.0 Å². The SMILES string of the molecule is CCc1cc2c(=O)c(Oc3ccccc3)c(C(F)(F)F)oc2c(CN(C)C)c1O. The maximum absolute atomic E-state index is 13.7. The van der Waals surface area contributed by atoms with Crippen molar-refractivity contribution < 1.29 is 27.4 Å². The molecule has 1 heterocycles. The summed E-state index contributed by atoms with van der Waals surface area (Å²) in [6.07, 6.45) is -4.58. The summed E-state index contributed by atoms with van der Waals surface area (Å²) in [6, 6.07) is 9.06. The molecule has 5 nitrogen and oxygen atoms in total. The molecule has 0 atom stereocenters. The predicted molar refractivity (Wildman–Crippen MR) is 102 cm³/mol. The average molecular weight is 407 g/mol. The van der Waals surface area contributed by atoms with Crippen molar-refractivity contribution in [2.45, 2.75) is 26.1 Å². The molecule has 2 aromatic carbocycles. The second-order valence-corrected chi connectivity index (χ2v) is 6.83. The number of benzene rings is 2. The molecule has 8 heteroatoms. The fourth-order valence-corrected chi connectivity index (χ4v) is 3.05. The van der Waals surface area contributed by atoms with E-state index in [-0.39, 0.29) is 34.6 Å². The van der Waals surface area contributed by atoms with Gasteiger partial charge in [0.05, 0.1) is 10.9 Å². The molecule has 0 saturated heterocycles. The molecular weight excluding hydrogens is 387 g/mol. The van der Waals surface area contributed by atoms with Crippen molar-refractivity contribution in [1.29, 1.82) is 0 Å². The number of aryl methyl sites for hydroxylation is 1. The summed E-state index contributed by atoms with van der Waals surface area (Å²) >= 11 is 0. The van der Waals surface area contributed by atoms with Gasteiger partial charge in [0.25, 0.3) is 5.76 Å². The second-order valence-electron chi connectivity index (χ2n) is 6.83. The minimum Gasteiger partial charge on any atom is -0.507 e. The number of aromatic hydroxyl groups is 1. The van der Waals surface area contributed by atoms with Gasteiger partial charge in [-0.05, 0) is 44.3 Å². The quantitative estimate of drug-likeness (QED) is 0.650. The molecule has 0 aliphatic carbocycles. The molecule has 29 heavy (non-hydrogen) atoms. The van der Waals surface area contributed by atoms with Gasteiger partial charge in [0.15, 0.2) is 0 Å². The number of hydrogen-bond donors (Lipinski definition) is 1. The molecule has 154 valence electrons. The van der Waals surface area contributed by atoms with Gasteiger partial charge in [-0.2, -0.15) is 13.2 Å². The molecule has 0 aliphatic heterocycles. The fourth-order valence-electron chi connectivity index (χ4n) is 3.05. The third kappa shape index (κ3) is 4.07. The van der Waals surface area contributed by atoms with Crippen LogP contribution in [0.5, 0.6) is 17.2 Å². The fraction of sp³-hybridized carbons (Fsp3) is 0.286. The Morgan fingerprint density at radius 3 is 2.38 bits per heavy atom. The van der Waals surface area contributed by atoms with Gasteiger partial charge in [-0.3, -0.25) is 4.79 Å². The van der Waals surface area contributed by atoms with Crippen LogP contribution in [0.1, 0.15) is 23.8 Å². The van der Waals surface area contributed by atoms with Crippen molar-refractivity contribution in [2.75, 3.05) is 14.1 Å².